The van der Waals surface area contributed by atoms with Crippen molar-refractivity contribution >= 4 is 5.82 Å². The lowest BCUT2D eigenvalue weighted by molar-refractivity contribution is 0.432. The van der Waals surface area contributed by atoms with E-state index in [1.54, 1.807) is 6.20 Å². The van der Waals surface area contributed by atoms with Gasteiger partial charge in [0.05, 0.1) is 5.56 Å². The molecule has 0 aliphatic rings. The van der Waals surface area contributed by atoms with Crippen molar-refractivity contribution in [3.8, 4) is 22.8 Å². The van der Waals surface area contributed by atoms with Gasteiger partial charge in [0, 0.05) is 17.8 Å². The Morgan fingerprint density at radius 1 is 0.893 bits per heavy atom. The fourth-order valence-electron chi connectivity index (χ4n) is 2.99. The molecule has 28 heavy (non-hydrogen) atoms. The maximum Gasteiger partial charge on any atom is 0.261 e. The Kier molecular flexibility index (Phi) is 4.89. The van der Waals surface area contributed by atoms with Crippen LogP contribution in [-0.4, -0.2) is 15.1 Å². The van der Waals surface area contributed by atoms with E-state index in [-0.39, 0.29) is 6.04 Å². The molecule has 0 saturated heterocycles. The third-order valence-electron chi connectivity index (χ3n) is 4.70. The van der Waals surface area contributed by atoms with Crippen LogP contribution in [0.4, 0.5) is 5.82 Å². The Balaban J connectivity index is 1.61. The van der Waals surface area contributed by atoms with Gasteiger partial charge in [0.2, 0.25) is 5.82 Å². The number of aromatic nitrogens is 3. The molecule has 0 unspecified atom stereocenters. The highest BCUT2D eigenvalue weighted by Crippen LogP contribution is 2.29. The largest absolute Gasteiger partial charge is 0.363 e. The van der Waals surface area contributed by atoms with Gasteiger partial charge in [-0.3, -0.25) is 0 Å². The zero-order valence-corrected chi connectivity index (χ0v) is 16.2. The maximum atomic E-state index is 5.54. The number of nitrogens with zero attached hydrogens (tertiary/aromatic N) is 3. The minimum atomic E-state index is 0.0914. The molecule has 5 nitrogen and oxygen atoms in total. The lowest BCUT2D eigenvalue weighted by atomic mass is 10.1. The number of benzene rings is 2. The van der Waals surface area contributed by atoms with Crippen molar-refractivity contribution in [1.82, 2.24) is 15.1 Å². The topological polar surface area (TPSA) is 63.8 Å². The summed E-state index contributed by atoms with van der Waals surface area (Å²) in [6.45, 7) is 6.24. The summed E-state index contributed by atoms with van der Waals surface area (Å²) in [5.41, 5.74) is 5.33. The molecule has 1 atom stereocenters. The molecule has 5 heteroatoms. The lowest BCUT2D eigenvalue weighted by Gasteiger charge is -2.16. The summed E-state index contributed by atoms with van der Waals surface area (Å²) in [5, 5.41) is 7.60. The Bertz CT molecular complexity index is 1070. The van der Waals surface area contributed by atoms with Crippen LogP contribution in [0, 0.1) is 13.8 Å². The molecule has 0 spiro atoms. The quantitative estimate of drug-likeness (QED) is 0.496. The first-order valence-electron chi connectivity index (χ1n) is 9.29. The zero-order chi connectivity index (χ0) is 19.5. The SMILES string of the molecule is Cc1ccc(-c2noc(-c3cccnc3N[C@@H](C)c3ccc(C)cc3)n2)cc1. The van der Waals surface area contributed by atoms with Crippen LogP contribution < -0.4 is 5.32 Å². The van der Waals surface area contributed by atoms with E-state index in [0.717, 1.165) is 16.9 Å². The van der Waals surface area contributed by atoms with Crippen molar-refractivity contribution in [2.45, 2.75) is 26.8 Å². The molecule has 2 heterocycles. The van der Waals surface area contributed by atoms with E-state index in [2.05, 4.69) is 58.6 Å². The fourth-order valence-corrected chi connectivity index (χ4v) is 2.99. The Labute approximate surface area is 164 Å². The van der Waals surface area contributed by atoms with Gasteiger partial charge in [-0.25, -0.2) is 4.98 Å². The lowest BCUT2D eigenvalue weighted by Crippen LogP contribution is -2.09. The molecule has 2 aromatic carbocycles. The Morgan fingerprint density at radius 3 is 2.29 bits per heavy atom. The predicted molar refractivity (Wildman–Crippen MR) is 111 cm³/mol. The number of pyridine rings is 1. The summed E-state index contributed by atoms with van der Waals surface area (Å²) in [6, 6.07) is 20.4. The first-order chi connectivity index (χ1) is 13.6. The minimum absolute atomic E-state index is 0.0914. The number of nitrogens with one attached hydrogen (secondary N) is 1. The van der Waals surface area contributed by atoms with Gasteiger partial charge < -0.3 is 9.84 Å². The summed E-state index contributed by atoms with van der Waals surface area (Å²) in [4.78, 5) is 9.07. The third-order valence-corrected chi connectivity index (χ3v) is 4.70. The molecule has 4 rings (SSSR count). The standard InChI is InChI=1S/C23H22N4O/c1-15-6-10-18(11-7-15)17(3)25-22-20(5-4-14-24-22)23-26-21(27-28-23)19-12-8-16(2)9-13-19/h4-14,17H,1-3H3,(H,24,25)/t17-/m0/s1. The van der Waals surface area contributed by atoms with Crippen molar-refractivity contribution in [2.75, 3.05) is 5.32 Å². The zero-order valence-electron chi connectivity index (χ0n) is 16.2. The first-order valence-corrected chi connectivity index (χ1v) is 9.29. The summed E-state index contributed by atoms with van der Waals surface area (Å²) in [6.07, 6.45) is 1.75. The van der Waals surface area contributed by atoms with Gasteiger partial charge in [0.15, 0.2) is 0 Å². The molecule has 0 radical (unpaired) electrons. The van der Waals surface area contributed by atoms with E-state index in [0.29, 0.717) is 11.7 Å². The van der Waals surface area contributed by atoms with E-state index >= 15 is 0 Å². The van der Waals surface area contributed by atoms with Crippen LogP contribution >= 0.6 is 0 Å². The van der Waals surface area contributed by atoms with Gasteiger partial charge in [-0.15, -0.1) is 0 Å². The van der Waals surface area contributed by atoms with Gasteiger partial charge >= 0.3 is 0 Å². The highest BCUT2D eigenvalue weighted by atomic mass is 16.5. The molecule has 0 bridgehead atoms. The number of aryl methyl sites for hydroxylation is 2. The molecule has 4 aromatic rings. The Morgan fingerprint density at radius 2 is 1.57 bits per heavy atom. The summed E-state index contributed by atoms with van der Waals surface area (Å²) < 4.78 is 5.54. The summed E-state index contributed by atoms with van der Waals surface area (Å²) >= 11 is 0. The number of rotatable bonds is 5. The first kappa shape index (κ1) is 17.9. The molecule has 0 saturated carbocycles. The van der Waals surface area contributed by atoms with Crippen molar-refractivity contribution in [1.29, 1.82) is 0 Å². The normalized spacial score (nSPS) is 12.0. The van der Waals surface area contributed by atoms with Crippen molar-refractivity contribution in [3.63, 3.8) is 0 Å². The van der Waals surface area contributed by atoms with Crippen LogP contribution in [0.1, 0.15) is 29.7 Å². The third kappa shape index (κ3) is 3.78. The molecule has 1 N–H and O–H groups in total. The molecule has 0 aliphatic heterocycles. The van der Waals surface area contributed by atoms with Crippen LogP contribution in [0.15, 0.2) is 71.4 Å². The van der Waals surface area contributed by atoms with Crippen molar-refractivity contribution < 1.29 is 4.52 Å². The van der Waals surface area contributed by atoms with E-state index in [4.69, 9.17) is 4.52 Å². The average molecular weight is 370 g/mol. The minimum Gasteiger partial charge on any atom is -0.363 e. The molecule has 0 aliphatic carbocycles. The van der Waals surface area contributed by atoms with Gasteiger partial charge in [-0.1, -0.05) is 64.8 Å². The van der Waals surface area contributed by atoms with Crippen LogP contribution in [-0.2, 0) is 0 Å². The highest BCUT2D eigenvalue weighted by Gasteiger charge is 2.16. The van der Waals surface area contributed by atoms with Gasteiger partial charge in [0.25, 0.3) is 5.89 Å². The van der Waals surface area contributed by atoms with Crippen LogP contribution in [0.25, 0.3) is 22.8 Å². The Hall–Kier alpha value is -3.47. The van der Waals surface area contributed by atoms with E-state index in [1.807, 2.05) is 43.3 Å². The second-order valence-corrected chi connectivity index (χ2v) is 6.97. The number of hydrogen-bond acceptors (Lipinski definition) is 5. The van der Waals surface area contributed by atoms with E-state index < -0.39 is 0 Å². The van der Waals surface area contributed by atoms with Gasteiger partial charge in [0.1, 0.15) is 5.82 Å². The predicted octanol–water partition coefficient (Wildman–Crippen LogP) is 5.59. The molecule has 0 amide bonds. The van der Waals surface area contributed by atoms with Crippen LogP contribution in [0.5, 0.6) is 0 Å². The second-order valence-electron chi connectivity index (χ2n) is 6.97. The highest BCUT2D eigenvalue weighted by molar-refractivity contribution is 5.70. The monoisotopic (exact) mass is 370 g/mol. The maximum absolute atomic E-state index is 5.54. The van der Waals surface area contributed by atoms with E-state index in [9.17, 15) is 0 Å². The fraction of sp³-hybridized carbons (Fsp3) is 0.174. The van der Waals surface area contributed by atoms with Gasteiger partial charge in [-0.05, 0) is 38.5 Å². The second kappa shape index (κ2) is 7.64. The van der Waals surface area contributed by atoms with Crippen LogP contribution in [0.3, 0.4) is 0 Å². The van der Waals surface area contributed by atoms with Gasteiger partial charge in [-0.2, -0.15) is 4.98 Å². The number of anilines is 1. The molecule has 140 valence electrons. The van der Waals surface area contributed by atoms with Crippen molar-refractivity contribution in [2.24, 2.45) is 0 Å². The average Bonchev–Trinajstić information content (AvgIpc) is 3.19. The summed E-state index contributed by atoms with van der Waals surface area (Å²) in [7, 11) is 0. The molecule has 2 aromatic heterocycles. The van der Waals surface area contributed by atoms with E-state index in [1.165, 1.54) is 16.7 Å². The molecule has 0 fully saturated rings. The molecular weight excluding hydrogens is 348 g/mol. The smallest absolute Gasteiger partial charge is 0.261 e. The summed E-state index contributed by atoms with van der Waals surface area (Å²) in [5.74, 6) is 1.73. The number of hydrogen-bond donors (Lipinski definition) is 1. The van der Waals surface area contributed by atoms with Crippen molar-refractivity contribution in [3.05, 3.63) is 83.6 Å². The van der Waals surface area contributed by atoms with Crippen LogP contribution in [0.2, 0.25) is 0 Å². The molecular formula is C23H22N4O.